The van der Waals surface area contributed by atoms with E-state index in [-0.39, 0.29) is 17.6 Å². The number of phenolic OH excluding ortho intramolecular Hbond substituents is 1. The zero-order valence-corrected chi connectivity index (χ0v) is 15.1. The second kappa shape index (κ2) is 6.06. The number of benzene rings is 2. The highest BCUT2D eigenvalue weighted by atomic mass is 35.5. The van der Waals surface area contributed by atoms with Crippen molar-refractivity contribution in [1.82, 2.24) is 0 Å². The summed E-state index contributed by atoms with van der Waals surface area (Å²) in [6, 6.07) is 11.1. The average molecular weight is 356 g/mol. The lowest BCUT2D eigenvalue weighted by Crippen LogP contribution is -2.43. The van der Waals surface area contributed by atoms with Crippen molar-refractivity contribution >= 4 is 23.2 Å². The Balaban J connectivity index is 1.98. The third-order valence-electron chi connectivity index (χ3n) is 5.90. The van der Waals surface area contributed by atoms with Crippen LogP contribution in [-0.2, 0) is 10.2 Å². The van der Waals surface area contributed by atoms with Gasteiger partial charge in [-0.1, -0.05) is 55.1 Å². The molecule has 1 amide bonds. The highest BCUT2D eigenvalue weighted by molar-refractivity contribution is 6.35. The number of aryl methyl sites for hydroxylation is 1. The summed E-state index contributed by atoms with van der Waals surface area (Å²) in [5.74, 6) is 0.460. The maximum Gasteiger partial charge on any atom is 0.239 e. The van der Waals surface area contributed by atoms with Gasteiger partial charge in [-0.25, -0.2) is 0 Å². The van der Waals surface area contributed by atoms with Crippen molar-refractivity contribution in [2.45, 2.75) is 44.4 Å². The fourth-order valence-electron chi connectivity index (χ4n) is 4.65. The highest BCUT2D eigenvalue weighted by Gasteiger charge is 2.54. The SMILES string of the molecule is Cc1ccc2c(c1Cl)NC(=O)C2(c1ccc(O)cc1)C1CCCCC1. The van der Waals surface area contributed by atoms with Crippen molar-refractivity contribution in [1.29, 1.82) is 0 Å². The Morgan fingerprint density at radius 3 is 2.44 bits per heavy atom. The zero-order chi connectivity index (χ0) is 17.6. The third-order valence-corrected chi connectivity index (χ3v) is 6.38. The summed E-state index contributed by atoms with van der Waals surface area (Å²) in [4.78, 5) is 13.4. The number of amides is 1. The molecule has 2 aromatic carbocycles. The summed E-state index contributed by atoms with van der Waals surface area (Å²) in [5, 5.41) is 13.4. The first kappa shape index (κ1) is 16.5. The number of anilines is 1. The predicted molar refractivity (Wildman–Crippen MR) is 100 cm³/mol. The van der Waals surface area contributed by atoms with Crippen molar-refractivity contribution in [2.75, 3.05) is 5.32 Å². The van der Waals surface area contributed by atoms with Crippen molar-refractivity contribution in [2.24, 2.45) is 5.92 Å². The standard InChI is InChI=1S/C21H22ClNO2/c1-13-7-12-17-19(18(13)22)23-20(25)21(17,14-5-3-2-4-6-14)15-8-10-16(24)11-9-15/h7-12,14,24H,2-6H2,1H3,(H,23,25). The minimum Gasteiger partial charge on any atom is -0.508 e. The largest absolute Gasteiger partial charge is 0.508 e. The molecule has 0 aromatic heterocycles. The lowest BCUT2D eigenvalue weighted by atomic mass is 9.62. The molecule has 4 heteroatoms. The molecule has 1 saturated carbocycles. The van der Waals surface area contributed by atoms with Crippen LogP contribution in [0.4, 0.5) is 5.69 Å². The van der Waals surface area contributed by atoms with Crippen LogP contribution in [0, 0.1) is 12.8 Å². The van der Waals surface area contributed by atoms with E-state index in [9.17, 15) is 9.90 Å². The van der Waals surface area contributed by atoms with Gasteiger partial charge in [-0.05, 0) is 54.5 Å². The molecule has 2 aliphatic rings. The van der Waals surface area contributed by atoms with Gasteiger partial charge in [0.15, 0.2) is 0 Å². The van der Waals surface area contributed by atoms with Gasteiger partial charge in [0.2, 0.25) is 5.91 Å². The van der Waals surface area contributed by atoms with Gasteiger partial charge < -0.3 is 10.4 Å². The van der Waals surface area contributed by atoms with Gasteiger partial charge in [0.05, 0.1) is 10.7 Å². The fourth-order valence-corrected chi connectivity index (χ4v) is 4.87. The molecule has 1 fully saturated rings. The summed E-state index contributed by atoms with van der Waals surface area (Å²) >= 11 is 6.53. The monoisotopic (exact) mass is 355 g/mol. The van der Waals surface area contributed by atoms with Gasteiger partial charge in [-0.2, -0.15) is 0 Å². The summed E-state index contributed by atoms with van der Waals surface area (Å²) in [6.45, 7) is 1.95. The molecular formula is C21H22ClNO2. The molecule has 1 atom stereocenters. The molecule has 25 heavy (non-hydrogen) atoms. The number of hydrogen-bond acceptors (Lipinski definition) is 2. The second-order valence-electron chi connectivity index (χ2n) is 7.26. The molecule has 1 aliphatic carbocycles. The molecule has 2 aromatic rings. The zero-order valence-electron chi connectivity index (χ0n) is 14.3. The first-order chi connectivity index (χ1) is 12.0. The van der Waals surface area contributed by atoms with Crippen LogP contribution in [0.2, 0.25) is 5.02 Å². The number of fused-ring (bicyclic) bond motifs is 1. The topological polar surface area (TPSA) is 49.3 Å². The first-order valence-electron chi connectivity index (χ1n) is 8.95. The van der Waals surface area contributed by atoms with E-state index < -0.39 is 5.41 Å². The summed E-state index contributed by atoms with van der Waals surface area (Å²) in [6.07, 6.45) is 5.57. The lowest BCUT2D eigenvalue weighted by Gasteiger charge is -2.39. The van der Waals surface area contributed by atoms with E-state index in [1.807, 2.05) is 25.1 Å². The van der Waals surface area contributed by atoms with Crippen LogP contribution >= 0.6 is 11.6 Å². The molecule has 0 radical (unpaired) electrons. The van der Waals surface area contributed by atoms with E-state index in [2.05, 4.69) is 11.4 Å². The van der Waals surface area contributed by atoms with Crippen molar-refractivity contribution in [3.05, 3.63) is 58.1 Å². The minimum absolute atomic E-state index is 0.00703. The molecule has 1 unspecified atom stereocenters. The van der Waals surface area contributed by atoms with Crippen molar-refractivity contribution in [3.8, 4) is 5.75 Å². The van der Waals surface area contributed by atoms with Gasteiger partial charge in [0, 0.05) is 0 Å². The molecule has 1 aliphatic heterocycles. The Morgan fingerprint density at radius 2 is 1.76 bits per heavy atom. The van der Waals surface area contributed by atoms with Crippen molar-refractivity contribution in [3.63, 3.8) is 0 Å². The van der Waals surface area contributed by atoms with E-state index in [1.165, 1.54) is 6.42 Å². The number of carbonyl (C=O) groups excluding carboxylic acids is 1. The number of carbonyl (C=O) groups is 1. The Bertz CT molecular complexity index is 825. The number of aromatic hydroxyl groups is 1. The molecule has 1 heterocycles. The maximum atomic E-state index is 13.4. The summed E-state index contributed by atoms with van der Waals surface area (Å²) < 4.78 is 0. The van der Waals surface area contributed by atoms with Crippen LogP contribution in [0.1, 0.15) is 48.8 Å². The summed E-state index contributed by atoms with van der Waals surface area (Å²) in [5.41, 5.74) is 2.91. The van der Waals surface area contributed by atoms with Gasteiger partial charge in [0.25, 0.3) is 0 Å². The molecule has 0 spiro atoms. The normalized spacial score (nSPS) is 23.4. The minimum atomic E-state index is -0.721. The van der Waals surface area contributed by atoms with E-state index in [0.717, 1.165) is 48.1 Å². The van der Waals surface area contributed by atoms with Crippen LogP contribution in [0.25, 0.3) is 0 Å². The van der Waals surface area contributed by atoms with Crippen LogP contribution in [-0.4, -0.2) is 11.0 Å². The first-order valence-corrected chi connectivity index (χ1v) is 9.33. The average Bonchev–Trinajstić information content (AvgIpc) is 2.93. The highest BCUT2D eigenvalue weighted by Crippen LogP contribution is 2.54. The number of phenols is 1. The molecule has 0 saturated heterocycles. The van der Waals surface area contributed by atoms with E-state index in [0.29, 0.717) is 5.02 Å². The quantitative estimate of drug-likeness (QED) is 0.780. The van der Waals surface area contributed by atoms with Crippen molar-refractivity contribution < 1.29 is 9.90 Å². The van der Waals surface area contributed by atoms with Gasteiger partial charge in [0.1, 0.15) is 11.2 Å². The van der Waals surface area contributed by atoms with Gasteiger partial charge in [-0.3, -0.25) is 4.79 Å². The van der Waals surface area contributed by atoms with E-state index in [4.69, 9.17) is 11.6 Å². The fraction of sp³-hybridized carbons (Fsp3) is 0.381. The summed E-state index contributed by atoms with van der Waals surface area (Å²) in [7, 11) is 0. The molecule has 130 valence electrons. The molecule has 4 rings (SSSR count). The molecule has 3 nitrogen and oxygen atoms in total. The van der Waals surface area contributed by atoms with Crippen LogP contribution in [0.15, 0.2) is 36.4 Å². The molecular weight excluding hydrogens is 334 g/mol. The number of hydrogen-bond donors (Lipinski definition) is 2. The Hall–Kier alpha value is -2.00. The van der Waals surface area contributed by atoms with E-state index >= 15 is 0 Å². The number of nitrogens with one attached hydrogen (secondary N) is 1. The van der Waals surface area contributed by atoms with Crippen LogP contribution in [0.5, 0.6) is 5.75 Å². The predicted octanol–water partition coefficient (Wildman–Crippen LogP) is 5.17. The van der Waals surface area contributed by atoms with E-state index in [1.54, 1.807) is 12.1 Å². The Labute approximate surface area is 153 Å². The Morgan fingerprint density at radius 1 is 1.08 bits per heavy atom. The number of rotatable bonds is 2. The lowest BCUT2D eigenvalue weighted by molar-refractivity contribution is -0.121. The van der Waals surface area contributed by atoms with Gasteiger partial charge in [-0.15, -0.1) is 0 Å². The maximum absolute atomic E-state index is 13.4. The molecule has 2 N–H and O–H groups in total. The van der Waals surface area contributed by atoms with Crippen LogP contribution < -0.4 is 5.32 Å². The molecule has 0 bridgehead atoms. The van der Waals surface area contributed by atoms with Crippen LogP contribution in [0.3, 0.4) is 0 Å². The third kappa shape index (κ3) is 2.36. The Kier molecular flexibility index (Phi) is 3.99. The van der Waals surface area contributed by atoms with Gasteiger partial charge >= 0.3 is 0 Å². The second-order valence-corrected chi connectivity index (χ2v) is 7.64. The number of halogens is 1. The smallest absolute Gasteiger partial charge is 0.239 e.